The summed E-state index contributed by atoms with van der Waals surface area (Å²) in [6.07, 6.45) is -2.51. The van der Waals surface area contributed by atoms with Gasteiger partial charge in [-0.05, 0) is 37.8 Å². The van der Waals surface area contributed by atoms with E-state index < -0.39 is 23.6 Å². The van der Waals surface area contributed by atoms with E-state index in [4.69, 9.17) is 4.74 Å². The van der Waals surface area contributed by atoms with Crippen LogP contribution >= 0.6 is 0 Å². The van der Waals surface area contributed by atoms with Gasteiger partial charge in [-0.1, -0.05) is 12.1 Å². The zero-order valence-corrected chi connectivity index (χ0v) is 10.1. The van der Waals surface area contributed by atoms with Gasteiger partial charge in [0.15, 0.2) is 0 Å². The molecule has 1 aliphatic carbocycles. The first kappa shape index (κ1) is 13.7. The van der Waals surface area contributed by atoms with E-state index in [0.717, 1.165) is 37.8 Å². The minimum atomic E-state index is -4.57. The van der Waals surface area contributed by atoms with E-state index in [-0.39, 0.29) is 6.10 Å². The lowest BCUT2D eigenvalue weighted by atomic mass is 10.2. The highest BCUT2D eigenvalue weighted by atomic mass is 19.4. The van der Waals surface area contributed by atoms with Crippen LogP contribution in [0.2, 0.25) is 0 Å². The van der Waals surface area contributed by atoms with Crippen LogP contribution in [0.3, 0.4) is 0 Å². The van der Waals surface area contributed by atoms with E-state index in [1.807, 2.05) is 0 Å². The number of rotatable bonds is 2. The molecule has 1 saturated carbocycles. The second-order valence-corrected chi connectivity index (χ2v) is 4.37. The molecule has 104 valence electrons. The molecule has 19 heavy (non-hydrogen) atoms. The van der Waals surface area contributed by atoms with Crippen molar-refractivity contribution < 1.29 is 27.4 Å². The van der Waals surface area contributed by atoms with Crippen LogP contribution in [0.1, 0.15) is 31.2 Å². The Kier molecular flexibility index (Phi) is 3.97. The van der Waals surface area contributed by atoms with Gasteiger partial charge in [-0.2, -0.15) is 13.2 Å². The molecular formula is C13H13F3O3. The molecule has 0 N–H and O–H groups in total. The predicted molar refractivity (Wildman–Crippen MR) is 60.8 cm³/mol. The minimum absolute atomic E-state index is 0.245. The summed E-state index contributed by atoms with van der Waals surface area (Å²) in [6.45, 7) is 0. The van der Waals surface area contributed by atoms with Crippen LogP contribution in [0.5, 0.6) is 5.75 Å². The molecule has 3 nitrogen and oxygen atoms in total. The smallest absolute Gasteiger partial charge is 0.431 e. The second kappa shape index (κ2) is 5.50. The van der Waals surface area contributed by atoms with Crippen molar-refractivity contribution in [3.05, 3.63) is 29.8 Å². The van der Waals surface area contributed by atoms with Gasteiger partial charge >= 0.3 is 12.3 Å². The van der Waals surface area contributed by atoms with E-state index in [1.165, 1.54) is 12.1 Å². The zero-order valence-electron chi connectivity index (χ0n) is 10.1. The molecule has 0 aliphatic heterocycles. The number of carbonyl (C=O) groups is 1. The number of halogens is 3. The third-order valence-electron chi connectivity index (χ3n) is 2.95. The average Bonchev–Trinajstić information content (AvgIpc) is 2.81. The first-order valence-electron chi connectivity index (χ1n) is 6.01. The maximum absolute atomic E-state index is 12.7. The lowest BCUT2D eigenvalue weighted by Crippen LogP contribution is -2.19. The number of para-hydroxylation sites is 1. The summed E-state index contributed by atoms with van der Waals surface area (Å²) in [5, 5.41) is 0. The number of alkyl halides is 3. The van der Waals surface area contributed by atoms with Crippen molar-refractivity contribution in [1.82, 2.24) is 0 Å². The summed E-state index contributed by atoms with van der Waals surface area (Å²) in [6, 6.07) is 4.56. The number of benzene rings is 1. The van der Waals surface area contributed by atoms with Crippen molar-refractivity contribution in [3.8, 4) is 5.75 Å². The quantitative estimate of drug-likeness (QED) is 0.600. The van der Waals surface area contributed by atoms with Crippen molar-refractivity contribution >= 4 is 6.16 Å². The molecule has 6 heteroatoms. The van der Waals surface area contributed by atoms with Crippen LogP contribution < -0.4 is 4.74 Å². The van der Waals surface area contributed by atoms with E-state index in [9.17, 15) is 18.0 Å². The summed E-state index contributed by atoms with van der Waals surface area (Å²) < 4.78 is 47.6. The van der Waals surface area contributed by atoms with Crippen LogP contribution in [-0.2, 0) is 10.9 Å². The monoisotopic (exact) mass is 274 g/mol. The fraction of sp³-hybridized carbons (Fsp3) is 0.462. The van der Waals surface area contributed by atoms with Crippen molar-refractivity contribution in [2.24, 2.45) is 0 Å². The van der Waals surface area contributed by atoms with Gasteiger partial charge < -0.3 is 9.47 Å². The summed E-state index contributed by atoms with van der Waals surface area (Å²) in [7, 11) is 0. The summed E-state index contributed by atoms with van der Waals surface area (Å²) >= 11 is 0. The summed E-state index contributed by atoms with van der Waals surface area (Å²) in [4.78, 5) is 11.4. The van der Waals surface area contributed by atoms with Gasteiger partial charge in [0.2, 0.25) is 0 Å². The first-order valence-corrected chi connectivity index (χ1v) is 6.01. The molecule has 1 aromatic carbocycles. The fourth-order valence-electron chi connectivity index (χ4n) is 2.05. The van der Waals surface area contributed by atoms with Gasteiger partial charge in [0, 0.05) is 0 Å². The molecule has 1 aliphatic rings. The normalized spacial score (nSPS) is 16.4. The highest BCUT2D eigenvalue weighted by Crippen LogP contribution is 2.36. The van der Waals surface area contributed by atoms with Gasteiger partial charge in [0.1, 0.15) is 11.9 Å². The lowest BCUT2D eigenvalue weighted by molar-refractivity contribution is -0.138. The topological polar surface area (TPSA) is 35.5 Å². The lowest BCUT2D eigenvalue weighted by Gasteiger charge is -2.14. The Balaban J connectivity index is 2.04. The highest BCUT2D eigenvalue weighted by Gasteiger charge is 2.35. The molecular weight excluding hydrogens is 261 g/mol. The average molecular weight is 274 g/mol. The summed E-state index contributed by atoms with van der Waals surface area (Å²) in [5.74, 6) is -0.530. The SMILES string of the molecule is O=C(Oc1ccccc1C(F)(F)F)OC1CCCC1. The largest absolute Gasteiger partial charge is 0.514 e. The molecule has 0 unspecified atom stereocenters. The van der Waals surface area contributed by atoms with Crippen LogP contribution in [0.4, 0.5) is 18.0 Å². The van der Waals surface area contributed by atoms with E-state index in [1.54, 1.807) is 0 Å². The molecule has 0 atom stereocenters. The van der Waals surface area contributed by atoms with Gasteiger partial charge in [0.25, 0.3) is 0 Å². The molecule has 2 rings (SSSR count). The van der Waals surface area contributed by atoms with Gasteiger partial charge in [0.05, 0.1) is 5.56 Å². The highest BCUT2D eigenvalue weighted by molar-refractivity contribution is 5.65. The predicted octanol–water partition coefficient (Wildman–Crippen LogP) is 4.16. The van der Waals surface area contributed by atoms with Crippen LogP contribution in [-0.4, -0.2) is 12.3 Å². The number of hydrogen-bond acceptors (Lipinski definition) is 3. The molecule has 1 aromatic rings. The van der Waals surface area contributed by atoms with Crippen molar-refractivity contribution in [1.29, 1.82) is 0 Å². The van der Waals surface area contributed by atoms with Crippen LogP contribution in [0, 0.1) is 0 Å². The van der Waals surface area contributed by atoms with Crippen LogP contribution in [0.15, 0.2) is 24.3 Å². The number of ether oxygens (including phenoxy) is 2. The number of hydrogen-bond donors (Lipinski definition) is 0. The van der Waals surface area contributed by atoms with Crippen LogP contribution in [0.25, 0.3) is 0 Å². The Morgan fingerprint density at radius 1 is 1.16 bits per heavy atom. The molecule has 0 heterocycles. The van der Waals surface area contributed by atoms with Crippen molar-refractivity contribution in [2.45, 2.75) is 38.0 Å². The third-order valence-corrected chi connectivity index (χ3v) is 2.95. The van der Waals surface area contributed by atoms with E-state index >= 15 is 0 Å². The molecule has 0 bridgehead atoms. The molecule has 1 fully saturated rings. The molecule has 0 aromatic heterocycles. The third kappa shape index (κ3) is 3.62. The van der Waals surface area contributed by atoms with Gasteiger partial charge in [-0.15, -0.1) is 0 Å². The Morgan fingerprint density at radius 3 is 2.42 bits per heavy atom. The second-order valence-electron chi connectivity index (χ2n) is 4.37. The number of carbonyl (C=O) groups excluding carboxylic acids is 1. The van der Waals surface area contributed by atoms with Gasteiger partial charge in [-0.3, -0.25) is 0 Å². The fourth-order valence-corrected chi connectivity index (χ4v) is 2.05. The van der Waals surface area contributed by atoms with Crippen molar-refractivity contribution in [3.63, 3.8) is 0 Å². The molecule has 0 saturated heterocycles. The zero-order chi connectivity index (χ0) is 13.9. The van der Waals surface area contributed by atoms with E-state index in [0.29, 0.717) is 0 Å². The Hall–Kier alpha value is -1.72. The van der Waals surface area contributed by atoms with Crippen molar-refractivity contribution in [2.75, 3.05) is 0 Å². The standard InChI is InChI=1S/C13H13F3O3/c14-13(15,16)10-7-3-4-8-11(10)19-12(17)18-9-5-1-2-6-9/h3-4,7-9H,1-2,5-6H2. The van der Waals surface area contributed by atoms with Gasteiger partial charge in [-0.25, -0.2) is 4.79 Å². The Morgan fingerprint density at radius 2 is 1.79 bits per heavy atom. The maximum Gasteiger partial charge on any atom is 0.514 e. The molecule has 0 amide bonds. The maximum atomic E-state index is 12.7. The minimum Gasteiger partial charge on any atom is -0.431 e. The molecule has 0 radical (unpaired) electrons. The first-order chi connectivity index (χ1) is 8.97. The Labute approximate surface area is 108 Å². The molecule has 0 spiro atoms. The Bertz CT molecular complexity index is 451. The summed E-state index contributed by atoms with van der Waals surface area (Å²) in [5.41, 5.74) is -0.988. The van der Waals surface area contributed by atoms with E-state index in [2.05, 4.69) is 4.74 Å².